The largest absolute Gasteiger partial charge is 0.348 e. The summed E-state index contributed by atoms with van der Waals surface area (Å²) in [6.45, 7) is 4.25. The molecule has 0 amide bonds. The first-order valence-corrected chi connectivity index (χ1v) is 8.60. The molecular weight excluding hydrogens is 266 g/mol. The van der Waals surface area contributed by atoms with Gasteiger partial charge in [0.2, 0.25) is 0 Å². The van der Waals surface area contributed by atoms with Gasteiger partial charge in [0.25, 0.3) is 0 Å². The SMILES string of the molecule is CCCNC1CCCCc2cn(Cc3cscn3)cc21. The maximum absolute atomic E-state index is 4.39. The third-order valence-corrected chi connectivity index (χ3v) is 4.67. The Morgan fingerprint density at radius 3 is 3.15 bits per heavy atom. The molecule has 0 aromatic carbocycles. The minimum absolute atomic E-state index is 0.545. The van der Waals surface area contributed by atoms with E-state index in [9.17, 15) is 0 Å². The summed E-state index contributed by atoms with van der Waals surface area (Å²) >= 11 is 1.67. The number of hydrogen-bond donors (Lipinski definition) is 1. The summed E-state index contributed by atoms with van der Waals surface area (Å²) in [5, 5.41) is 5.85. The molecule has 0 radical (unpaired) electrons. The molecule has 1 atom stereocenters. The van der Waals surface area contributed by atoms with Crippen molar-refractivity contribution in [1.29, 1.82) is 0 Å². The lowest BCUT2D eigenvalue weighted by molar-refractivity contribution is 0.488. The van der Waals surface area contributed by atoms with Crippen molar-refractivity contribution in [1.82, 2.24) is 14.9 Å². The zero-order chi connectivity index (χ0) is 13.8. The molecule has 20 heavy (non-hydrogen) atoms. The summed E-state index contributed by atoms with van der Waals surface area (Å²) in [5.74, 6) is 0. The molecule has 0 spiro atoms. The summed E-state index contributed by atoms with van der Waals surface area (Å²) in [6, 6.07) is 0.545. The van der Waals surface area contributed by atoms with Crippen molar-refractivity contribution in [3.63, 3.8) is 0 Å². The fraction of sp³-hybridized carbons (Fsp3) is 0.562. The lowest BCUT2D eigenvalue weighted by atomic mass is 10.0. The van der Waals surface area contributed by atoms with E-state index in [2.05, 4.69) is 39.6 Å². The molecule has 0 bridgehead atoms. The van der Waals surface area contributed by atoms with Crippen molar-refractivity contribution in [2.24, 2.45) is 0 Å². The van der Waals surface area contributed by atoms with Gasteiger partial charge in [0, 0.05) is 23.8 Å². The van der Waals surface area contributed by atoms with Crippen LogP contribution in [0.1, 0.15) is 55.5 Å². The number of nitrogens with zero attached hydrogens (tertiary/aromatic N) is 2. The van der Waals surface area contributed by atoms with Crippen molar-refractivity contribution in [2.75, 3.05) is 6.54 Å². The van der Waals surface area contributed by atoms with Gasteiger partial charge in [-0.2, -0.15) is 0 Å². The lowest BCUT2D eigenvalue weighted by Gasteiger charge is -2.16. The van der Waals surface area contributed by atoms with Crippen LogP contribution in [0.25, 0.3) is 0 Å². The number of aromatic nitrogens is 2. The van der Waals surface area contributed by atoms with Gasteiger partial charge in [-0.25, -0.2) is 4.98 Å². The predicted molar refractivity (Wildman–Crippen MR) is 84.2 cm³/mol. The molecule has 0 saturated carbocycles. The smallest absolute Gasteiger partial charge is 0.0795 e. The van der Waals surface area contributed by atoms with Crippen LogP contribution in [-0.2, 0) is 13.0 Å². The quantitative estimate of drug-likeness (QED) is 0.849. The zero-order valence-electron chi connectivity index (χ0n) is 12.1. The highest BCUT2D eigenvalue weighted by Gasteiger charge is 2.20. The van der Waals surface area contributed by atoms with Gasteiger partial charge < -0.3 is 9.88 Å². The van der Waals surface area contributed by atoms with Crippen LogP contribution in [0.3, 0.4) is 0 Å². The van der Waals surface area contributed by atoms with Crippen LogP contribution in [0.4, 0.5) is 0 Å². The molecule has 1 N–H and O–H groups in total. The minimum Gasteiger partial charge on any atom is -0.348 e. The molecule has 1 aliphatic rings. The minimum atomic E-state index is 0.545. The second kappa shape index (κ2) is 6.55. The van der Waals surface area contributed by atoms with E-state index in [0.29, 0.717) is 6.04 Å². The average molecular weight is 289 g/mol. The van der Waals surface area contributed by atoms with E-state index in [1.807, 2.05) is 5.51 Å². The van der Waals surface area contributed by atoms with Crippen molar-refractivity contribution in [2.45, 2.75) is 51.6 Å². The molecule has 2 heterocycles. The second-order valence-corrected chi connectivity index (χ2v) is 6.36. The van der Waals surface area contributed by atoms with Gasteiger partial charge in [-0.05, 0) is 43.4 Å². The Morgan fingerprint density at radius 2 is 2.35 bits per heavy atom. The Kier molecular flexibility index (Phi) is 4.53. The van der Waals surface area contributed by atoms with Gasteiger partial charge in [-0.3, -0.25) is 0 Å². The van der Waals surface area contributed by atoms with Crippen molar-refractivity contribution >= 4 is 11.3 Å². The Hall–Kier alpha value is -1.13. The Bertz CT molecular complexity index is 530. The van der Waals surface area contributed by atoms with Crippen molar-refractivity contribution in [3.8, 4) is 0 Å². The van der Waals surface area contributed by atoms with Gasteiger partial charge in [0.1, 0.15) is 0 Å². The van der Waals surface area contributed by atoms with Crippen molar-refractivity contribution < 1.29 is 0 Å². The van der Waals surface area contributed by atoms with Crippen LogP contribution in [0.5, 0.6) is 0 Å². The van der Waals surface area contributed by atoms with Gasteiger partial charge >= 0.3 is 0 Å². The van der Waals surface area contributed by atoms with E-state index < -0.39 is 0 Å². The highest BCUT2D eigenvalue weighted by Crippen LogP contribution is 2.29. The van der Waals surface area contributed by atoms with Gasteiger partial charge in [0.15, 0.2) is 0 Å². The highest BCUT2D eigenvalue weighted by molar-refractivity contribution is 7.07. The first-order chi connectivity index (χ1) is 9.86. The van der Waals surface area contributed by atoms with E-state index in [1.54, 1.807) is 11.3 Å². The third kappa shape index (κ3) is 3.13. The summed E-state index contributed by atoms with van der Waals surface area (Å²) in [4.78, 5) is 4.39. The molecule has 1 aliphatic carbocycles. The fourth-order valence-corrected chi connectivity index (χ4v) is 3.59. The highest BCUT2D eigenvalue weighted by atomic mass is 32.1. The lowest BCUT2D eigenvalue weighted by Crippen LogP contribution is -2.21. The molecular formula is C16H23N3S. The fourth-order valence-electron chi connectivity index (χ4n) is 3.04. The maximum atomic E-state index is 4.39. The van der Waals surface area contributed by atoms with Crippen LogP contribution >= 0.6 is 11.3 Å². The molecule has 0 aliphatic heterocycles. The summed E-state index contributed by atoms with van der Waals surface area (Å²) in [6.07, 6.45) is 11.0. The van der Waals surface area contributed by atoms with Crippen LogP contribution in [0.2, 0.25) is 0 Å². The molecule has 3 rings (SSSR count). The molecule has 1 unspecified atom stereocenters. The van der Waals surface area contributed by atoms with Crippen LogP contribution in [-0.4, -0.2) is 16.1 Å². The number of hydrogen-bond acceptors (Lipinski definition) is 3. The average Bonchev–Trinajstić information content (AvgIpc) is 3.05. The number of aryl methyl sites for hydroxylation is 1. The Balaban J connectivity index is 1.79. The number of fused-ring (bicyclic) bond motifs is 1. The molecule has 2 aromatic heterocycles. The Labute approximate surface area is 125 Å². The van der Waals surface area contributed by atoms with Crippen LogP contribution in [0.15, 0.2) is 23.3 Å². The van der Waals surface area contributed by atoms with E-state index >= 15 is 0 Å². The summed E-state index contributed by atoms with van der Waals surface area (Å²) < 4.78 is 2.31. The molecule has 0 fully saturated rings. The van der Waals surface area contributed by atoms with Gasteiger partial charge in [0.05, 0.1) is 17.7 Å². The van der Waals surface area contributed by atoms with Gasteiger partial charge in [-0.15, -0.1) is 11.3 Å². The normalized spacial score (nSPS) is 18.8. The summed E-state index contributed by atoms with van der Waals surface area (Å²) in [5.41, 5.74) is 6.13. The Morgan fingerprint density at radius 1 is 1.40 bits per heavy atom. The van der Waals surface area contributed by atoms with E-state index in [1.165, 1.54) is 48.9 Å². The monoisotopic (exact) mass is 289 g/mol. The molecule has 108 valence electrons. The topological polar surface area (TPSA) is 29.9 Å². The van der Waals surface area contributed by atoms with Gasteiger partial charge in [-0.1, -0.05) is 13.3 Å². The van der Waals surface area contributed by atoms with E-state index in [0.717, 1.165) is 13.1 Å². The first kappa shape index (κ1) is 13.8. The predicted octanol–water partition coefficient (Wildman–Crippen LogP) is 3.76. The second-order valence-electron chi connectivity index (χ2n) is 5.64. The van der Waals surface area contributed by atoms with Crippen LogP contribution < -0.4 is 5.32 Å². The first-order valence-electron chi connectivity index (χ1n) is 7.66. The van der Waals surface area contributed by atoms with Crippen LogP contribution in [0, 0.1) is 0 Å². The summed E-state index contributed by atoms with van der Waals surface area (Å²) in [7, 11) is 0. The number of nitrogens with one attached hydrogen (secondary N) is 1. The molecule has 3 nitrogen and oxygen atoms in total. The zero-order valence-corrected chi connectivity index (χ0v) is 13.0. The van der Waals surface area contributed by atoms with Crippen molar-refractivity contribution in [3.05, 3.63) is 40.1 Å². The molecule has 4 heteroatoms. The molecule has 0 saturated heterocycles. The van der Waals surface area contributed by atoms with E-state index in [-0.39, 0.29) is 0 Å². The number of thiazole rings is 1. The third-order valence-electron chi connectivity index (χ3n) is 4.03. The standard InChI is InChI=1S/C16H23N3S/c1-2-7-17-16-6-4-3-5-13-8-19(10-15(13)16)9-14-11-20-12-18-14/h8,10-12,16-17H,2-7,9H2,1H3. The molecule has 2 aromatic rings. The maximum Gasteiger partial charge on any atom is 0.0795 e. The number of rotatable bonds is 5. The van der Waals surface area contributed by atoms with E-state index in [4.69, 9.17) is 0 Å².